The summed E-state index contributed by atoms with van der Waals surface area (Å²) in [6, 6.07) is 11.5. The minimum Gasteiger partial charge on any atom is -0.266 e. The second-order valence-electron chi connectivity index (χ2n) is 9.80. The lowest BCUT2D eigenvalue weighted by Gasteiger charge is -2.29. The third-order valence-corrected chi connectivity index (χ3v) is 7.38. The Kier molecular flexibility index (Phi) is 8.90. The van der Waals surface area contributed by atoms with E-state index in [0.29, 0.717) is 0 Å². The van der Waals surface area contributed by atoms with Gasteiger partial charge in [0.25, 0.3) is 10.1 Å². The van der Waals surface area contributed by atoms with Crippen molar-refractivity contribution in [1.29, 1.82) is 0 Å². The molecule has 0 aliphatic heterocycles. The van der Waals surface area contributed by atoms with E-state index in [2.05, 4.69) is 53.3 Å². The van der Waals surface area contributed by atoms with Gasteiger partial charge in [-0.3, -0.25) is 4.18 Å². The van der Waals surface area contributed by atoms with Gasteiger partial charge in [-0.25, -0.2) is 0 Å². The fraction of sp³-hybridized carbons (Fsp3) is 0.500. The summed E-state index contributed by atoms with van der Waals surface area (Å²) in [4.78, 5) is 0.175. The van der Waals surface area contributed by atoms with E-state index in [1.807, 2.05) is 26.0 Å². The topological polar surface area (TPSA) is 43.4 Å². The van der Waals surface area contributed by atoms with Gasteiger partial charge in [-0.2, -0.15) is 8.42 Å². The molecule has 0 spiro atoms. The zero-order chi connectivity index (χ0) is 24.1. The number of hydrogen-bond donors (Lipinski definition) is 0. The van der Waals surface area contributed by atoms with Gasteiger partial charge in [0.1, 0.15) is 0 Å². The molecule has 0 unspecified atom stereocenters. The largest absolute Gasteiger partial charge is 0.296 e. The highest BCUT2D eigenvalue weighted by molar-refractivity contribution is 7.86. The zero-order valence-electron chi connectivity index (χ0n) is 20.9. The monoisotopic (exact) mass is 456 g/mol. The second kappa shape index (κ2) is 10.8. The molecule has 0 bridgehead atoms. The normalized spacial score (nSPS) is 12.4. The first-order valence-electron chi connectivity index (χ1n) is 11.8. The van der Waals surface area contributed by atoms with E-state index in [4.69, 9.17) is 4.18 Å². The standard InChI is InChI=1S/C28H40O3S/c1-9-11-16-28(7,8)27-18-26(21(5)17-23(27)10-2)22(6)24-12-14-25(15-13-24)32(29,30)31-19-20(3)4/h12-15,17-18,20H,6,9-11,16,19H2,1-5,7-8H3. The van der Waals surface area contributed by atoms with Crippen LogP contribution in [0.3, 0.4) is 0 Å². The van der Waals surface area contributed by atoms with Crippen molar-refractivity contribution in [3.05, 3.63) is 70.8 Å². The predicted octanol–water partition coefficient (Wildman–Crippen LogP) is 7.45. The zero-order valence-corrected chi connectivity index (χ0v) is 21.7. The van der Waals surface area contributed by atoms with Crippen LogP contribution in [0.25, 0.3) is 5.57 Å². The highest BCUT2D eigenvalue weighted by Gasteiger charge is 2.24. The smallest absolute Gasteiger partial charge is 0.266 e. The van der Waals surface area contributed by atoms with Crippen molar-refractivity contribution in [2.75, 3.05) is 6.61 Å². The molecule has 0 heterocycles. The van der Waals surface area contributed by atoms with Crippen LogP contribution in [0.4, 0.5) is 0 Å². The fourth-order valence-corrected chi connectivity index (χ4v) is 5.10. The fourth-order valence-electron chi connectivity index (χ4n) is 4.04. The number of hydrogen-bond acceptors (Lipinski definition) is 3. The Balaban J connectivity index is 2.40. The number of unbranched alkanes of at least 4 members (excludes halogenated alkanes) is 1. The number of rotatable bonds is 11. The summed E-state index contributed by atoms with van der Waals surface area (Å²) in [7, 11) is -3.74. The highest BCUT2D eigenvalue weighted by Crippen LogP contribution is 2.36. The molecule has 0 saturated carbocycles. The van der Waals surface area contributed by atoms with Crippen LogP contribution in [0.1, 0.15) is 88.6 Å². The van der Waals surface area contributed by atoms with Crippen LogP contribution in [0.15, 0.2) is 47.9 Å². The van der Waals surface area contributed by atoms with Gasteiger partial charge in [-0.1, -0.05) is 85.2 Å². The van der Waals surface area contributed by atoms with Crippen LogP contribution in [-0.4, -0.2) is 15.0 Å². The van der Waals surface area contributed by atoms with Crippen LogP contribution >= 0.6 is 0 Å². The first kappa shape index (κ1) is 26.3. The van der Waals surface area contributed by atoms with Gasteiger partial charge in [0.15, 0.2) is 0 Å². The minimum absolute atomic E-state index is 0.0930. The minimum atomic E-state index is -3.74. The van der Waals surface area contributed by atoms with Gasteiger partial charge in [-0.05, 0) is 76.6 Å². The van der Waals surface area contributed by atoms with Crippen molar-refractivity contribution in [3.63, 3.8) is 0 Å². The summed E-state index contributed by atoms with van der Waals surface area (Å²) in [5, 5.41) is 0. The Morgan fingerprint density at radius 2 is 1.72 bits per heavy atom. The summed E-state index contributed by atoms with van der Waals surface area (Å²) in [5.41, 5.74) is 7.00. The van der Waals surface area contributed by atoms with Crippen molar-refractivity contribution >= 4 is 15.7 Å². The third-order valence-electron chi connectivity index (χ3n) is 6.09. The average molecular weight is 457 g/mol. The van der Waals surface area contributed by atoms with Gasteiger partial charge in [0.2, 0.25) is 0 Å². The average Bonchev–Trinajstić information content (AvgIpc) is 2.75. The Morgan fingerprint density at radius 1 is 1.09 bits per heavy atom. The number of aryl methyl sites for hydroxylation is 2. The van der Waals surface area contributed by atoms with E-state index in [0.717, 1.165) is 29.5 Å². The van der Waals surface area contributed by atoms with E-state index in [9.17, 15) is 8.42 Å². The highest BCUT2D eigenvalue weighted by atomic mass is 32.2. The summed E-state index contributed by atoms with van der Waals surface area (Å²) in [6.45, 7) is 19.6. The first-order valence-corrected chi connectivity index (χ1v) is 13.2. The van der Waals surface area contributed by atoms with Gasteiger partial charge < -0.3 is 0 Å². The molecule has 0 N–H and O–H groups in total. The van der Waals surface area contributed by atoms with Crippen LogP contribution in [-0.2, 0) is 26.1 Å². The summed E-state index contributed by atoms with van der Waals surface area (Å²) < 4.78 is 30.0. The Hall–Kier alpha value is -1.91. The van der Waals surface area contributed by atoms with Crippen molar-refractivity contribution in [3.8, 4) is 0 Å². The summed E-state index contributed by atoms with van der Waals surface area (Å²) in [5.74, 6) is 0.147. The van der Waals surface area contributed by atoms with E-state index in [1.54, 1.807) is 12.1 Å². The Morgan fingerprint density at radius 3 is 2.25 bits per heavy atom. The molecule has 0 atom stereocenters. The van der Waals surface area contributed by atoms with Gasteiger partial charge in [0.05, 0.1) is 11.5 Å². The van der Waals surface area contributed by atoms with E-state index < -0.39 is 10.1 Å². The summed E-state index contributed by atoms with van der Waals surface area (Å²) in [6.07, 6.45) is 4.54. The molecule has 4 heteroatoms. The van der Waals surface area contributed by atoms with Crippen LogP contribution < -0.4 is 0 Å². The lowest BCUT2D eigenvalue weighted by molar-refractivity contribution is 0.275. The van der Waals surface area contributed by atoms with E-state index >= 15 is 0 Å². The van der Waals surface area contributed by atoms with Gasteiger partial charge in [-0.15, -0.1) is 0 Å². The van der Waals surface area contributed by atoms with Crippen LogP contribution in [0.5, 0.6) is 0 Å². The second-order valence-corrected chi connectivity index (χ2v) is 11.4. The molecule has 0 amide bonds. The van der Waals surface area contributed by atoms with Gasteiger partial charge in [0, 0.05) is 0 Å². The van der Waals surface area contributed by atoms with E-state index in [1.165, 1.54) is 29.5 Å². The van der Waals surface area contributed by atoms with Crippen LogP contribution in [0, 0.1) is 12.8 Å². The molecule has 32 heavy (non-hydrogen) atoms. The Labute approximate surface area is 196 Å². The van der Waals surface area contributed by atoms with Crippen molar-refractivity contribution in [1.82, 2.24) is 0 Å². The molecule has 2 aromatic rings. The lowest BCUT2D eigenvalue weighted by Crippen LogP contribution is -2.20. The quantitative estimate of drug-likeness (QED) is 0.330. The van der Waals surface area contributed by atoms with E-state index in [-0.39, 0.29) is 22.8 Å². The predicted molar refractivity (Wildman–Crippen MR) is 136 cm³/mol. The maximum Gasteiger partial charge on any atom is 0.296 e. The molecule has 2 rings (SSSR count). The maximum atomic E-state index is 12.4. The molecule has 3 nitrogen and oxygen atoms in total. The molecule has 0 saturated heterocycles. The van der Waals surface area contributed by atoms with Crippen molar-refractivity contribution < 1.29 is 12.6 Å². The molecule has 0 fully saturated rings. The lowest BCUT2D eigenvalue weighted by atomic mass is 9.75. The Bertz CT molecular complexity index is 1030. The van der Waals surface area contributed by atoms with Crippen LogP contribution in [0.2, 0.25) is 0 Å². The molecule has 0 radical (unpaired) electrons. The first-order chi connectivity index (χ1) is 14.9. The SMILES string of the molecule is C=C(c1ccc(S(=O)(=O)OCC(C)C)cc1)c1cc(C(C)(C)CCCC)c(CC)cc1C. The van der Waals surface area contributed by atoms with Gasteiger partial charge >= 0.3 is 0 Å². The molecular formula is C28H40O3S. The third kappa shape index (κ3) is 6.32. The molecule has 0 aromatic heterocycles. The number of benzene rings is 2. The van der Waals surface area contributed by atoms with Crippen molar-refractivity contribution in [2.45, 2.75) is 84.5 Å². The maximum absolute atomic E-state index is 12.4. The molecule has 2 aromatic carbocycles. The molecule has 0 aliphatic rings. The molecule has 176 valence electrons. The molecule has 0 aliphatic carbocycles. The summed E-state index contributed by atoms with van der Waals surface area (Å²) >= 11 is 0. The van der Waals surface area contributed by atoms with Crippen molar-refractivity contribution in [2.24, 2.45) is 5.92 Å². The molecular weight excluding hydrogens is 416 g/mol.